The largest absolute Gasteiger partial charge is 0.481 e. The summed E-state index contributed by atoms with van der Waals surface area (Å²) in [5.74, 6) is -1.26. The second-order valence-corrected chi connectivity index (χ2v) is 9.01. The van der Waals surface area contributed by atoms with Crippen LogP contribution in [0, 0.1) is 13.8 Å². The standard InChI is InChI=1S/C24H27NO2S/c1-4-7-18(24(26)27)20-15(3)25-23-22(17-8-5-6-9-19(17)28-23)21(20)16-12-10-14(2)11-13-16/h10-13,18H,4-9H2,1-3H3,(H,26,27)/t18-/m0/s1. The molecule has 1 aliphatic rings. The fourth-order valence-corrected chi connectivity index (χ4v) is 5.86. The van der Waals surface area contributed by atoms with Crippen molar-refractivity contribution >= 4 is 27.5 Å². The third-order valence-corrected chi connectivity index (χ3v) is 7.08. The molecule has 0 saturated heterocycles. The highest BCUT2D eigenvalue weighted by Gasteiger charge is 2.29. The first-order chi connectivity index (χ1) is 13.5. The summed E-state index contributed by atoms with van der Waals surface area (Å²) >= 11 is 1.81. The van der Waals surface area contributed by atoms with Crippen molar-refractivity contribution in [2.24, 2.45) is 0 Å². The van der Waals surface area contributed by atoms with E-state index in [9.17, 15) is 9.90 Å². The van der Waals surface area contributed by atoms with E-state index >= 15 is 0 Å². The van der Waals surface area contributed by atoms with Crippen LogP contribution in [0.15, 0.2) is 24.3 Å². The minimum absolute atomic E-state index is 0.516. The number of benzene rings is 1. The molecule has 4 heteroatoms. The molecule has 1 aromatic carbocycles. The number of hydrogen-bond donors (Lipinski definition) is 1. The van der Waals surface area contributed by atoms with Gasteiger partial charge in [0.1, 0.15) is 4.83 Å². The lowest BCUT2D eigenvalue weighted by Crippen LogP contribution is -2.15. The molecular formula is C24H27NO2S. The smallest absolute Gasteiger partial charge is 0.311 e. The maximum Gasteiger partial charge on any atom is 0.311 e. The normalized spacial score (nSPS) is 14.8. The summed E-state index contributed by atoms with van der Waals surface area (Å²) in [6.45, 7) is 6.12. The van der Waals surface area contributed by atoms with E-state index in [1.165, 1.54) is 34.2 Å². The molecule has 1 aliphatic carbocycles. The lowest BCUT2D eigenvalue weighted by atomic mass is 9.83. The van der Waals surface area contributed by atoms with Crippen molar-refractivity contribution < 1.29 is 9.90 Å². The van der Waals surface area contributed by atoms with E-state index in [0.717, 1.165) is 46.5 Å². The SMILES string of the molecule is CCC[C@H](C(=O)O)c1c(C)nc2sc3c(c2c1-c1ccc(C)cc1)CCCC3. The van der Waals surface area contributed by atoms with Gasteiger partial charge in [0.15, 0.2) is 0 Å². The van der Waals surface area contributed by atoms with Crippen molar-refractivity contribution in [3.63, 3.8) is 0 Å². The molecule has 2 heterocycles. The number of aryl methyl sites for hydroxylation is 4. The Balaban J connectivity index is 2.09. The van der Waals surface area contributed by atoms with Gasteiger partial charge in [-0.15, -0.1) is 11.3 Å². The first-order valence-electron chi connectivity index (χ1n) is 10.3. The zero-order chi connectivity index (χ0) is 19.8. The summed E-state index contributed by atoms with van der Waals surface area (Å²) in [5.41, 5.74) is 6.63. The van der Waals surface area contributed by atoms with Gasteiger partial charge in [-0.3, -0.25) is 4.79 Å². The van der Waals surface area contributed by atoms with Crippen LogP contribution in [0.4, 0.5) is 0 Å². The monoisotopic (exact) mass is 393 g/mol. The van der Waals surface area contributed by atoms with Gasteiger partial charge in [-0.05, 0) is 68.2 Å². The molecule has 1 atom stereocenters. The van der Waals surface area contributed by atoms with Crippen LogP contribution in [0.5, 0.6) is 0 Å². The number of fused-ring (bicyclic) bond motifs is 3. The number of thiophene rings is 1. The Labute approximate surface area is 170 Å². The molecule has 0 aliphatic heterocycles. The topological polar surface area (TPSA) is 50.2 Å². The maximum atomic E-state index is 12.2. The summed E-state index contributed by atoms with van der Waals surface area (Å²) in [4.78, 5) is 19.7. The van der Waals surface area contributed by atoms with E-state index in [-0.39, 0.29) is 0 Å². The fourth-order valence-electron chi connectivity index (χ4n) is 4.54. The van der Waals surface area contributed by atoms with Gasteiger partial charge in [0, 0.05) is 16.0 Å². The van der Waals surface area contributed by atoms with Crippen LogP contribution in [0.3, 0.4) is 0 Å². The summed E-state index contributed by atoms with van der Waals surface area (Å²) in [5, 5.41) is 11.2. The van der Waals surface area contributed by atoms with Crippen molar-refractivity contribution in [2.45, 2.75) is 65.2 Å². The Morgan fingerprint density at radius 2 is 1.89 bits per heavy atom. The van der Waals surface area contributed by atoms with Crippen LogP contribution in [0.2, 0.25) is 0 Å². The second kappa shape index (κ2) is 7.67. The third-order valence-electron chi connectivity index (χ3n) is 5.90. The minimum atomic E-state index is -0.747. The van der Waals surface area contributed by atoms with Gasteiger partial charge in [-0.1, -0.05) is 43.2 Å². The molecule has 2 aromatic heterocycles. The van der Waals surface area contributed by atoms with Crippen LogP contribution in [0.1, 0.15) is 65.8 Å². The molecule has 0 bridgehead atoms. The van der Waals surface area contributed by atoms with Gasteiger partial charge in [-0.25, -0.2) is 4.98 Å². The number of carbonyl (C=O) groups is 1. The van der Waals surface area contributed by atoms with Crippen LogP contribution < -0.4 is 0 Å². The number of hydrogen-bond acceptors (Lipinski definition) is 3. The quantitative estimate of drug-likeness (QED) is 0.543. The molecule has 28 heavy (non-hydrogen) atoms. The zero-order valence-electron chi connectivity index (χ0n) is 16.8. The molecule has 146 valence electrons. The molecule has 4 rings (SSSR count). The van der Waals surface area contributed by atoms with Crippen LogP contribution >= 0.6 is 11.3 Å². The van der Waals surface area contributed by atoms with Crippen LogP contribution in [0.25, 0.3) is 21.3 Å². The molecule has 3 nitrogen and oxygen atoms in total. The van der Waals surface area contributed by atoms with Gasteiger partial charge in [0.05, 0.1) is 5.92 Å². The average Bonchev–Trinajstić information content (AvgIpc) is 3.04. The predicted molar refractivity (Wildman–Crippen MR) is 116 cm³/mol. The van der Waals surface area contributed by atoms with E-state index in [1.54, 1.807) is 0 Å². The molecule has 3 aromatic rings. The molecule has 0 saturated carbocycles. The number of carboxylic acids is 1. The highest BCUT2D eigenvalue weighted by atomic mass is 32.1. The molecule has 0 amide bonds. The number of nitrogens with zero attached hydrogens (tertiary/aromatic N) is 1. The summed E-state index contributed by atoms with van der Waals surface area (Å²) < 4.78 is 0. The van der Waals surface area contributed by atoms with Gasteiger partial charge >= 0.3 is 5.97 Å². The van der Waals surface area contributed by atoms with Crippen molar-refractivity contribution in [2.75, 3.05) is 0 Å². The van der Waals surface area contributed by atoms with Gasteiger partial charge in [-0.2, -0.15) is 0 Å². The van der Waals surface area contributed by atoms with E-state index in [1.807, 2.05) is 18.3 Å². The van der Waals surface area contributed by atoms with E-state index in [0.29, 0.717) is 6.42 Å². The lowest BCUT2D eigenvalue weighted by molar-refractivity contribution is -0.139. The first-order valence-corrected chi connectivity index (χ1v) is 11.1. The Morgan fingerprint density at radius 3 is 2.57 bits per heavy atom. The van der Waals surface area contributed by atoms with Gasteiger partial charge in [0.2, 0.25) is 0 Å². The molecule has 0 fully saturated rings. The number of rotatable bonds is 5. The van der Waals surface area contributed by atoms with Gasteiger partial charge in [0.25, 0.3) is 0 Å². The highest BCUT2D eigenvalue weighted by Crippen LogP contribution is 2.45. The van der Waals surface area contributed by atoms with Crippen molar-refractivity contribution in [3.05, 3.63) is 51.5 Å². The number of pyridine rings is 1. The Kier molecular flexibility index (Phi) is 5.24. The average molecular weight is 394 g/mol. The fraction of sp³-hybridized carbons (Fsp3) is 0.417. The molecular weight excluding hydrogens is 366 g/mol. The van der Waals surface area contributed by atoms with Crippen molar-refractivity contribution in [1.82, 2.24) is 4.98 Å². The first kappa shape index (κ1) is 19.1. The van der Waals surface area contributed by atoms with E-state index in [4.69, 9.17) is 4.98 Å². The molecule has 0 spiro atoms. The predicted octanol–water partition coefficient (Wildman–Crippen LogP) is 6.43. The third kappa shape index (κ3) is 3.24. The zero-order valence-corrected chi connectivity index (χ0v) is 17.7. The molecule has 0 radical (unpaired) electrons. The maximum absolute atomic E-state index is 12.2. The van der Waals surface area contributed by atoms with Crippen molar-refractivity contribution in [3.8, 4) is 11.1 Å². The van der Waals surface area contributed by atoms with Crippen LogP contribution in [-0.4, -0.2) is 16.1 Å². The Hall–Kier alpha value is -2.20. The van der Waals surface area contributed by atoms with Crippen LogP contribution in [-0.2, 0) is 17.6 Å². The molecule has 0 unspecified atom stereocenters. The number of carboxylic acid groups (broad SMARTS) is 1. The Bertz CT molecular complexity index is 1030. The summed E-state index contributed by atoms with van der Waals surface area (Å²) in [7, 11) is 0. The van der Waals surface area contributed by atoms with Crippen molar-refractivity contribution in [1.29, 1.82) is 0 Å². The second-order valence-electron chi connectivity index (χ2n) is 7.92. The number of aromatic nitrogens is 1. The van der Waals surface area contributed by atoms with Gasteiger partial charge < -0.3 is 5.11 Å². The molecule has 1 N–H and O–H groups in total. The lowest BCUT2D eigenvalue weighted by Gasteiger charge is -2.21. The number of aliphatic carboxylic acids is 1. The van der Waals surface area contributed by atoms with E-state index in [2.05, 4.69) is 38.1 Å². The van der Waals surface area contributed by atoms with E-state index < -0.39 is 11.9 Å². The highest BCUT2D eigenvalue weighted by molar-refractivity contribution is 7.19. The Morgan fingerprint density at radius 1 is 1.18 bits per heavy atom. The minimum Gasteiger partial charge on any atom is -0.481 e. The summed E-state index contributed by atoms with van der Waals surface area (Å²) in [6.07, 6.45) is 6.10. The summed E-state index contributed by atoms with van der Waals surface area (Å²) in [6, 6.07) is 8.53.